The molecule has 0 heterocycles. The van der Waals surface area contributed by atoms with Crippen LogP contribution >= 0.6 is 11.8 Å². The SMILES string of the molecule is Cc1cc(Cc2cc(C)cc(C(C)(C)C)c2C(CSCCC(=O)O)(C(=O)O)c2c(Cc3cc(C)cc(C(C)(C)C)c3O)cc(C)cc2C(C)(C)C)c(O)c(C(C)(C)C)c1. The predicted molar refractivity (Wildman–Crippen MR) is 246 cm³/mol. The van der Waals surface area contributed by atoms with E-state index in [0.717, 1.165) is 66.8 Å². The second-order valence-electron chi connectivity index (χ2n) is 21.1. The highest BCUT2D eigenvalue weighted by Crippen LogP contribution is 2.50. The zero-order chi connectivity index (χ0) is 44.8. The fourth-order valence-electron chi connectivity index (χ4n) is 8.65. The third-order valence-corrected chi connectivity index (χ3v) is 12.5. The second kappa shape index (κ2) is 17.0. The van der Waals surface area contributed by atoms with Gasteiger partial charge in [-0.2, -0.15) is 11.8 Å². The molecular weight excluding hydrogens is 753 g/mol. The highest BCUT2D eigenvalue weighted by molar-refractivity contribution is 7.99. The molecule has 0 radical (unpaired) electrons. The van der Waals surface area contributed by atoms with Gasteiger partial charge in [-0.1, -0.05) is 154 Å². The lowest BCUT2D eigenvalue weighted by atomic mass is 9.62. The van der Waals surface area contributed by atoms with Crippen molar-refractivity contribution in [1.29, 1.82) is 0 Å². The van der Waals surface area contributed by atoms with Crippen LogP contribution in [0.5, 0.6) is 11.5 Å². The van der Waals surface area contributed by atoms with Crippen LogP contribution in [0.4, 0.5) is 0 Å². The number of hydrogen-bond donors (Lipinski definition) is 4. The zero-order valence-corrected chi connectivity index (χ0v) is 39.5. The van der Waals surface area contributed by atoms with Crippen molar-refractivity contribution in [3.8, 4) is 11.5 Å². The maximum Gasteiger partial charge on any atom is 0.319 e. The lowest BCUT2D eigenvalue weighted by molar-refractivity contribution is -0.141. The number of phenols is 2. The number of thioether (sulfide) groups is 1. The summed E-state index contributed by atoms with van der Waals surface area (Å²) in [5.41, 5.74) is 8.38. The molecular formula is C52H70O6S. The average Bonchev–Trinajstić information content (AvgIpc) is 3.06. The molecule has 4 N–H and O–H groups in total. The normalized spacial score (nSPS) is 12.9. The topological polar surface area (TPSA) is 115 Å². The second-order valence-corrected chi connectivity index (χ2v) is 22.2. The summed E-state index contributed by atoms with van der Waals surface area (Å²) in [5.74, 6) is -1.26. The molecule has 4 rings (SSSR count). The highest BCUT2D eigenvalue weighted by atomic mass is 32.2. The van der Waals surface area contributed by atoms with Crippen molar-refractivity contribution in [3.05, 3.63) is 126 Å². The molecule has 0 aromatic heterocycles. The van der Waals surface area contributed by atoms with E-state index in [1.807, 2.05) is 52.0 Å². The standard InChI is InChI=1S/C52H70O6S/c1-30-19-34(27-36-21-32(3)25-40(45(36)55)50(11,12)13)43(38(23-30)48(5,6)7)52(47(57)58,29-59-18-17-42(53)54)44-35(20-31(2)24-39(44)49(8,9)10)28-37-22-33(4)26-41(46(37)56)51(14,15)16/h19-26,55-56H,17-18,27-29H2,1-16H3,(H,53,54)(H,57,58). The van der Waals surface area contributed by atoms with Gasteiger partial charge < -0.3 is 20.4 Å². The lowest BCUT2D eigenvalue weighted by Gasteiger charge is -2.42. The van der Waals surface area contributed by atoms with E-state index in [2.05, 4.69) is 107 Å². The number of benzene rings is 4. The molecule has 0 aliphatic carbocycles. The molecule has 0 bridgehead atoms. The van der Waals surface area contributed by atoms with Crippen molar-refractivity contribution in [2.45, 2.75) is 157 Å². The summed E-state index contributed by atoms with van der Waals surface area (Å²) in [6.45, 7) is 33.3. The third-order valence-electron chi connectivity index (χ3n) is 11.4. The molecule has 0 spiro atoms. The molecule has 0 aliphatic heterocycles. The molecule has 0 amide bonds. The molecule has 0 unspecified atom stereocenters. The number of carboxylic acids is 2. The number of aromatic hydroxyl groups is 2. The smallest absolute Gasteiger partial charge is 0.319 e. The molecule has 320 valence electrons. The number of phenolic OH excluding ortho intramolecular Hbond substituents is 2. The minimum Gasteiger partial charge on any atom is -0.507 e. The van der Waals surface area contributed by atoms with Gasteiger partial charge in [-0.25, -0.2) is 0 Å². The van der Waals surface area contributed by atoms with Gasteiger partial charge in [-0.05, 0) is 105 Å². The molecule has 0 saturated heterocycles. The first-order valence-electron chi connectivity index (χ1n) is 20.9. The van der Waals surface area contributed by atoms with Crippen LogP contribution in [-0.4, -0.2) is 43.9 Å². The summed E-state index contributed by atoms with van der Waals surface area (Å²) in [7, 11) is 0. The van der Waals surface area contributed by atoms with Crippen LogP contribution in [-0.2, 0) is 49.5 Å². The van der Waals surface area contributed by atoms with Gasteiger partial charge in [0.25, 0.3) is 0 Å². The van der Waals surface area contributed by atoms with Crippen LogP contribution in [0.2, 0.25) is 0 Å². The zero-order valence-electron chi connectivity index (χ0n) is 38.7. The van der Waals surface area contributed by atoms with Gasteiger partial charge in [-0.3, -0.25) is 9.59 Å². The minimum absolute atomic E-state index is 0.0635. The fraction of sp³-hybridized carbons (Fsp3) is 0.500. The Hall–Kier alpha value is -4.23. The molecule has 4 aromatic carbocycles. The number of carboxylic acid groups (broad SMARTS) is 2. The van der Waals surface area contributed by atoms with E-state index in [0.29, 0.717) is 11.1 Å². The average molecular weight is 823 g/mol. The molecule has 0 atom stereocenters. The summed E-state index contributed by atoms with van der Waals surface area (Å²) in [5, 5.41) is 46.0. The first-order chi connectivity index (χ1) is 26.9. The van der Waals surface area contributed by atoms with E-state index in [-0.39, 0.29) is 53.1 Å². The molecule has 7 heteroatoms. The Balaban J connectivity index is 2.31. The summed E-state index contributed by atoms with van der Waals surface area (Å²) in [6, 6.07) is 16.4. The number of carbonyl (C=O) groups is 2. The maximum atomic E-state index is 15.1. The number of aryl methyl sites for hydroxylation is 4. The molecule has 59 heavy (non-hydrogen) atoms. The van der Waals surface area contributed by atoms with Gasteiger partial charge in [0.2, 0.25) is 0 Å². The molecule has 0 saturated carbocycles. The van der Waals surface area contributed by atoms with Crippen LogP contribution in [0.1, 0.15) is 167 Å². The van der Waals surface area contributed by atoms with E-state index in [4.69, 9.17) is 0 Å². The van der Waals surface area contributed by atoms with Crippen LogP contribution in [0.15, 0.2) is 48.5 Å². The van der Waals surface area contributed by atoms with Gasteiger partial charge in [0, 0.05) is 24.3 Å². The van der Waals surface area contributed by atoms with Crippen molar-refractivity contribution >= 4 is 23.7 Å². The third kappa shape index (κ3) is 10.4. The Morgan fingerprint density at radius 2 is 0.797 bits per heavy atom. The van der Waals surface area contributed by atoms with Crippen LogP contribution < -0.4 is 0 Å². The van der Waals surface area contributed by atoms with Gasteiger partial charge in [0.15, 0.2) is 0 Å². The summed E-state index contributed by atoms with van der Waals surface area (Å²) < 4.78 is 0. The molecule has 0 aliphatic rings. The Morgan fingerprint density at radius 1 is 0.492 bits per heavy atom. The van der Waals surface area contributed by atoms with Crippen molar-refractivity contribution in [1.82, 2.24) is 0 Å². The van der Waals surface area contributed by atoms with Gasteiger partial charge in [0.05, 0.1) is 6.42 Å². The quantitative estimate of drug-likeness (QED) is 0.105. The highest BCUT2D eigenvalue weighted by Gasteiger charge is 2.50. The minimum atomic E-state index is -1.70. The molecule has 4 aromatic rings. The summed E-state index contributed by atoms with van der Waals surface area (Å²) >= 11 is 1.35. The first-order valence-corrected chi connectivity index (χ1v) is 22.0. The number of hydrogen-bond acceptors (Lipinski definition) is 5. The fourth-order valence-corrected chi connectivity index (χ4v) is 9.84. The summed E-state index contributed by atoms with van der Waals surface area (Å²) in [6.07, 6.45) is 0.454. The van der Waals surface area contributed by atoms with Gasteiger partial charge >= 0.3 is 11.9 Å². The van der Waals surface area contributed by atoms with Crippen molar-refractivity contribution in [2.24, 2.45) is 0 Å². The van der Waals surface area contributed by atoms with Crippen LogP contribution in [0, 0.1) is 27.7 Å². The number of rotatable bonds is 12. The Kier molecular flexibility index (Phi) is 13.7. The Labute approximate surface area is 358 Å². The van der Waals surface area contributed by atoms with Crippen LogP contribution in [0.3, 0.4) is 0 Å². The summed E-state index contributed by atoms with van der Waals surface area (Å²) in [4.78, 5) is 27.0. The molecule has 0 fully saturated rings. The maximum absolute atomic E-state index is 15.1. The van der Waals surface area contributed by atoms with Gasteiger partial charge in [-0.15, -0.1) is 0 Å². The van der Waals surface area contributed by atoms with Crippen molar-refractivity contribution < 1.29 is 30.0 Å². The Morgan fingerprint density at radius 3 is 1.08 bits per heavy atom. The van der Waals surface area contributed by atoms with E-state index < -0.39 is 28.2 Å². The largest absolute Gasteiger partial charge is 0.507 e. The van der Waals surface area contributed by atoms with Crippen molar-refractivity contribution in [2.75, 3.05) is 11.5 Å². The van der Waals surface area contributed by atoms with Gasteiger partial charge in [0.1, 0.15) is 16.9 Å². The van der Waals surface area contributed by atoms with E-state index in [9.17, 15) is 25.2 Å². The van der Waals surface area contributed by atoms with Crippen molar-refractivity contribution in [3.63, 3.8) is 0 Å². The van der Waals surface area contributed by atoms with E-state index in [1.165, 1.54) is 11.8 Å². The van der Waals surface area contributed by atoms with E-state index in [1.54, 1.807) is 0 Å². The predicted octanol–water partition coefficient (Wildman–Crippen LogP) is 12.3. The Bertz CT molecular complexity index is 2100. The first kappa shape index (κ1) is 47.4. The lowest BCUT2D eigenvalue weighted by Crippen LogP contribution is -2.45. The van der Waals surface area contributed by atoms with Crippen LogP contribution in [0.25, 0.3) is 0 Å². The molecule has 6 nitrogen and oxygen atoms in total. The monoisotopic (exact) mass is 822 g/mol. The number of aliphatic carboxylic acids is 2. The van der Waals surface area contributed by atoms with E-state index >= 15 is 4.79 Å².